The van der Waals surface area contributed by atoms with E-state index in [2.05, 4.69) is 4.40 Å². The van der Waals surface area contributed by atoms with Crippen LogP contribution in [0.2, 0.25) is 0 Å². The molecule has 0 bridgehead atoms. The Balaban J connectivity index is 2.58. The number of carboxylic acid groups (broad SMARTS) is 1. The molecule has 0 unspecified atom stereocenters. The van der Waals surface area contributed by atoms with Gasteiger partial charge in [0.2, 0.25) is 0 Å². The lowest BCUT2D eigenvalue weighted by molar-refractivity contribution is -0.132. The minimum Gasteiger partial charge on any atom is -0.478 e. The van der Waals surface area contributed by atoms with Crippen molar-refractivity contribution in [2.45, 2.75) is 18.7 Å². The van der Waals surface area contributed by atoms with E-state index >= 15 is 0 Å². The van der Waals surface area contributed by atoms with E-state index in [9.17, 15) is 13.2 Å². The Bertz CT molecular complexity index is 896. The number of allylic oxidation sites excluding steroid dienone is 1. The fourth-order valence-corrected chi connectivity index (χ4v) is 2.93. The van der Waals surface area contributed by atoms with Crippen molar-refractivity contribution >= 4 is 21.7 Å². The van der Waals surface area contributed by atoms with Crippen molar-refractivity contribution in [3.63, 3.8) is 0 Å². The highest BCUT2D eigenvalue weighted by atomic mass is 32.2. The normalized spacial score (nSPS) is 12.9. The summed E-state index contributed by atoms with van der Waals surface area (Å²) in [5.41, 5.74) is 1.53. The number of benzene rings is 2. The summed E-state index contributed by atoms with van der Waals surface area (Å²) < 4.78 is 28.9. The molecule has 0 atom stereocenters. The molecule has 124 valence electrons. The first kappa shape index (κ1) is 17.6. The summed E-state index contributed by atoms with van der Waals surface area (Å²) in [6.45, 7) is 3.24. The third kappa shape index (κ3) is 4.39. The monoisotopic (exact) mass is 343 g/mol. The van der Waals surface area contributed by atoms with Gasteiger partial charge in [0.25, 0.3) is 10.0 Å². The fourth-order valence-electron chi connectivity index (χ4n) is 1.93. The van der Waals surface area contributed by atoms with Gasteiger partial charge < -0.3 is 5.11 Å². The maximum atomic E-state index is 12.5. The highest BCUT2D eigenvalue weighted by Crippen LogP contribution is 2.16. The lowest BCUT2D eigenvalue weighted by Crippen LogP contribution is -2.07. The second kappa shape index (κ2) is 7.23. The van der Waals surface area contributed by atoms with E-state index in [-0.39, 0.29) is 16.2 Å². The summed E-state index contributed by atoms with van der Waals surface area (Å²) in [4.78, 5) is 11.1. The smallest absolute Gasteiger partial charge is 0.331 e. The second-order valence-electron chi connectivity index (χ2n) is 5.26. The van der Waals surface area contributed by atoms with Gasteiger partial charge in [-0.15, -0.1) is 0 Å². The number of aliphatic carboxylic acids is 1. The zero-order valence-electron chi connectivity index (χ0n) is 13.3. The van der Waals surface area contributed by atoms with Crippen molar-refractivity contribution in [2.75, 3.05) is 0 Å². The number of aryl methyl sites for hydroxylation is 1. The van der Waals surface area contributed by atoms with Crippen molar-refractivity contribution in [1.29, 1.82) is 0 Å². The van der Waals surface area contributed by atoms with Crippen molar-refractivity contribution in [2.24, 2.45) is 4.40 Å². The third-order valence-electron chi connectivity index (χ3n) is 3.30. The molecule has 2 aromatic rings. The second-order valence-corrected chi connectivity index (χ2v) is 6.87. The minimum absolute atomic E-state index is 0.00305. The Kier molecular flexibility index (Phi) is 5.31. The molecule has 0 saturated carbocycles. The molecule has 0 spiro atoms. The van der Waals surface area contributed by atoms with Crippen molar-refractivity contribution in [1.82, 2.24) is 0 Å². The van der Waals surface area contributed by atoms with Crippen molar-refractivity contribution < 1.29 is 18.3 Å². The summed E-state index contributed by atoms with van der Waals surface area (Å²) >= 11 is 0. The van der Waals surface area contributed by atoms with E-state index < -0.39 is 16.0 Å². The molecule has 1 N–H and O–H groups in total. The summed E-state index contributed by atoms with van der Waals surface area (Å²) in [7, 11) is -3.95. The van der Waals surface area contributed by atoms with Crippen LogP contribution in [0.1, 0.15) is 18.1 Å². The summed E-state index contributed by atoms with van der Waals surface area (Å²) in [6, 6.07) is 14.9. The topological polar surface area (TPSA) is 83.8 Å². The fraction of sp³-hybridized carbons (Fsp3) is 0.111. The van der Waals surface area contributed by atoms with E-state index in [1.54, 1.807) is 42.5 Å². The lowest BCUT2D eigenvalue weighted by atomic mass is 10.1. The predicted octanol–water partition coefficient (Wildman–Crippen LogP) is 3.20. The van der Waals surface area contributed by atoms with E-state index in [0.29, 0.717) is 5.56 Å². The van der Waals surface area contributed by atoms with Gasteiger partial charge in [0.15, 0.2) is 0 Å². The Morgan fingerprint density at radius 3 is 2.17 bits per heavy atom. The molecule has 6 heteroatoms. The van der Waals surface area contributed by atoms with E-state index in [4.69, 9.17) is 5.11 Å². The van der Waals surface area contributed by atoms with Gasteiger partial charge in [0, 0.05) is 11.1 Å². The van der Waals surface area contributed by atoms with Gasteiger partial charge in [0.05, 0.1) is 10.6 Å². The number of nitrogens with zero attached hydrogens (tertiary/aromatic N) is 1. The van der Waals surface area contributed by atoms with Gasteiger partial charge >= 0.3 is 5.97 Å². The maximum Gasteiger partial charge on any atom is 0.331 e. The molecule has 0 saturated heterocycles. The number of carboxylic acids is 1. The average Bonchev–Trinajstić information content (AvgIpc) is 2.55. The first-order valence-electron chi connectivity index (χ1n) is 7.18. The van der Waals surface area contributed by atoms with Crippen LogP contribution >= 0.6 is 0 Å². The molecular weight excluding hydrogens is 326 g/mol. The summed E-state index contributed by atoms with van der Waals surface area (Å²) in [5, 5.41) is 9.05. The van der Waals surface area contributed by atoms with Gasteiger partial charge in [-0.2, -0.15) is 12.8 Å². The molecule has 0 radical (unpaired) electrons. The van der Waals surface area contributed by atoms with Crippen LogP contribution in [0.15, 0.2) is 75.5 Å². The first-order chi connectivity index (χ1) is 11.3. The zero-order chi connectivity index (χ0) is 17.7. The highest BCUT2D eigenvalue weighted by Gasteiger charge is 2.15. The first-order valence-corrected chi connectivity index (χ1v) is 8.62. The molecule has 0 aliphatic heterocycles. The van der Waals surface area contributed by atoms with E-state index in [0.717, 1.165) is 5.56 Å². The molecule has 24 heavy (non-hydrogen) atoms. The number of hydrogen-bond acceptors (Lipinski definition) is 3. The number of hydrogen-bond donors (Lipinski definition) is 1. The Hall–Kier alpha value is -2.73. The van der Waals surface area contributed by atoms with Gasteiger partial charge in [-0.3, -0.25) is 0 Å². The lowest BCUT2D eigenvalue weighted by Gasteiger charge is -2.05. The number of sulfonamides is 1. The predicted molar refractivity (Wildman–Crippen MR) is 92.7 cm³/mol. The van der Waals surface area contributed by atoms with E-state index in [1.165, 1.54) is 25.1 Å². The standard InChI is InChI=1S/C18H17NO4S/c1-13-8-10-16(11-9-13)24(22,23)19-17(12-14(2)18(20)21)15-6-4-3-5-7-15/h3-12H,1-2H3,(H,20,21)/b14-12+,19-17?. The van der Waals surface area contributed by atoms with Crippen LogP contribution in [0, 0.1) is 6.92 Å². The molecule has 2 aromatic carbocycles. The number of rotatable bonds is 5. The van der Waals surface area contributed by atoms with Crippen molar-refractivity contribution in [3.8, 4) is 0 Å². The molecule has 5 nitrogen and oxygen atoms in total. The van der Waals surface area contributed by atoms with Gasteiger partial charge in [-0.05, 0) is 32.1 Å². The van der Waals surface area contributed by atoms with Crippen LogP contribution in [-0.2, 0) is 14.8 Å². The van der Waals surface area contributed by atoms with Crippen LogP contribution in [0.25, 0.3) is 0 Å². The molecule has 0 aromatic heterocycles. The number of carbonyl (C=O) groups is 1. The van der Waals surface area contributed by atoms with Crippen LogP contribution in [0.4, 0.5) is 0 Å². The van der Waals surface area contributed by atoms with Crippen LogP contribution in [-0.4, -0.2) is 25.2 Å². The molecule has 0 aliphatic rings. The summed E-state index contributed by atoms with van der Waals surface area (Å²) in [5.74, 6) is -1.13. The van der Waals surface area contributed by atoms with Crippen LogP contribution < -0.4 is 0 Å². The highest BCUT2D eigenvalue weighted by molar-refractivity contribution is 7.90. The van der Waals surface area contributed by atoms with Gasteiger partial charge in [0.1, 0.15) is 0 Å². The largest absolute Gasteiger partial charge is 0.478 e. The molecule has 0 heterocycles. The van der Waals surface area contributed by atoms with Crippen LogP contribution in [0.3, 0.4) is 0 Å². The molecular formula is C18H17NO4S. The molecule has 0 amide bonds. The van der Waals surface area contributed by atoms with E-state index in [1.807, 2.05) is 6.92 Å². The third-order valence-corrected chi connectivity index (χ3v) is 4.60. The molecule has 0 fully saturated rings. The maximum absolute atomic E-state index is 12.5. The Morgan fingerprint density at radius 1 is 1.04 bits per heavy atom. The van der Waals surface area contributed by atoms with Gasteiger partial charge in [-0.25, -0.2) is 4.79 Å². The zero-order valence-corrected chi connectivity index (χ0v) is 14.1. The SMILES string of the molecule is C/C(=C\C(=NS(=O)(=O)c1ccc(C)cc1)c1ccccc1)C(=O)O. The Morgan fingerprint density at radius 2 is 1.62 bits per heavy atom. The average molecular weight is 343 g/mol. The van der Waals surface area contributed by atoms with Crippen LogP contribution in [0.5, 0.6) is 0 Å². The summed E-state index contributed by atoms with van der Waals surface area (Å²) in [6.07, 6.45) is 1.25. The van der Waals surface area contributed by atoms with Gasteiger partial charge in [-0.1, -0.05) is 48.0 Å². The molecule has 2 rings (SSSR count). The Labute approximate surface area is 141 Å². The molecule has 0 aliphatic carbocycles. The quantitative estimate of drug-likeness (QED) is 0.667. The van der Waals surface area contributed by atoms with Crippen molar-refractivity contribution in [3.05, 3.63) is 77.4 Å². The minimum atomic E-state index is -3.95.